The molecule has 2 aromatic rings. The van der Waals surface area contributed by atoms with Gasteiger partial charge in [0.25, 0.3) is 0 Å². The van der Waals surface area contributed by atoms with Gasteiger partial charge in [-0.15, -0.1) is 5.10 Å². The first-order valence-corrected chi connectivity index (χ1v) is 4.82. The van der Waals surface area contributed by atoms with Crippen LogP contribution in [0.5, 0.6) is 5.88 Å². The number of carbonyl (C=O) groups is 1. The molecular weight excluding hydrogens is 224 g/mol. The number of carboxylic acid groups (broad SMARTS) is 1. The first-order valence-electron chi connectivity index (χ1n) is 4.82. The summed E-state index contributed by atoms with van der Waals surface area (Å²) in [7, 11) is 1.52. The Kier molecular flexibility index (Phi) is 2.99. The quantitative estimate of drug-likeness (QED) is 0.824. The first-order chi connectivity index (χ1) is 8.20. The number of methoxy groups -OCH3 is 1. The van der Waals surface area contributed by atoms with E-state index in [1.807, 2.05) is 6.07 Å². The molecule has 0 atom stereocenters. The Balaban J connectivity index is 2.22. The van der Waals surface area contributed by atoms with Gasteiger partial charge in [0.15, 0.2) is 5.69 Å². The predicted octanol–water partition coefficient (Wildman–Crippen LogP) is 0.428. The number of carboxylic acids is 1. The monoisotopic (exact) mass is 234 g/mol. The number of aromatic nitrogens is 4. The molecule has 88 valence electrons. The molecule has 7 heteroatoms. The molecule has 0 saturated carbocycles. The Morgan fingerprint density at radius 3 is 3.06 bits per heavy atom. The molecule has 0 fully saturated rings. The Morgan fingerprint density at radius 1 is 1.59 bits per heavy atom. The number of rotatable bonds is 4. The lowest BCUT2D eigenvalue weighted by molar-refractivity contribution is 0.0690. The van der Waals surface area contributed by atoms with Gasteiger partial charge in [-0.2, -0.15) is 0 Å². The summed E-state index contributed by atoms with van der Waals surface area (Å²) in [5.41, 5.74) is 0.713. The molecule has 17 heavy (non-hydrogen) atoms. The molecular formula is C10H10N4O3. The topological polar surface area (TPSA) is 90.1 Å². The van der Waals surface area contributed by atoms with Gasteiger partial charge in [-0.05, 0) is 6.07 Å². The Hall–Kier alpha value is -2.44. The molecule has 0 spiro atoms. The van der Waals surface area contributed by atoms with Crippen LogP contribution in [-0.2, 0) is 6.54 Å². The van der Waals surface area contributed by atoms with Gasteiger partial charge in [0, 0.05) is 11.8 Å². The van der Waals surface area contributed by atoms with E-state index in [1.54, 1.807) is 12.3 Å². The van der Waals surface area contributed by atoms with E-state index >= 15 is 0 Å². The van der Waals surface area contributed by atoms with E-state index < -0.39 is 5.97 Å². The van der Waals surface area contributed by atoms with Gasteiger partial charge < -0.3 is 9.84 Å². The second-order valence-electron chi connectivity index (χ2n) is 3.28. The van der Waals surface area contributed by atoms with Gasteiger partial charge in [0.2, 0.25) is 5.88 Å². The minimum atomic E-state index is -1.10. The minimum absolute atomic E-state index is 0.0899. The maximum absolute atomic E-state index is 10.6. The number of ether oxygens (including phenoxy) is 1. The molecule has 0 saturated heterocycles. The van der Waals surface area contributed by atoms with Crippen LogP contribution < -0.4 is 4.74 Å². The molecule has 2 heterocycles. The van der Waals surface area contributed by atoms with Gasteiger partial charge in [-0.3, -0.25) is 0 Å². The van der Waals surface area contributed by atoms with Gasteiger partial charge in [-0.25, -0.2) is 14.5 Å². The van der Waals surface area contributed by atoms with Crippen molar-refractivity contribution in [2.24, 2.45) is 0 Å². The van der Waals surface area contributed by atoms with Crippen LogP contribution in [0, 0.1) is 0 Å². The second-order valence-corrected chi connectivity index (χ2v) is 3.28. The van der Waals surface area contributed by atoms with Crippen LogP contribution in [0.2, 0.25) is 0 Å². The fraction of sp³-hybridized carbons (Fsp3) is 0.200. The lowest BCUT2D eigenvalue weighted by Gasteiger charge is -2.05. The average Bonchev–Trinajstić information content (AvgIpc) is 2.78. The molecule has 0 aliphatic rings. The minimum Gasteiger partial charge on any atom is -0.481 e. The molecule has 7 nitrogen and oxygen atoms in total. The van der Waals surface area contributed by atoms with Gasteiger partial charge in [0.1, 0.15) is 0 Å². The molecule has 0 radical (unpaired) electrons. The van der Waals surface area contributed by atoms with Crippen LogP contribution >= 0.6 is 0 Å². The Labute approximate surface area is 96.7 Å². The van der Waals surface area contributed by atoms with Crippen LogP contribution in [0.15, 0.2) is 24.5 Å². The van der Waals surface area contributed by atoms with Crippen LogP contribution in [0.3, 0.4) is 0 Å². The number of hydrogen-bond acceptors (Lipinski definition) is 5. The van der Waals surface area contributed by atoms with Crippen molar-refractivity contribution in [2.45, 2.75) is 6.54 Å². The summed E-state index contributed by atoms with van der Waals surface area (Å²) in [6, 6.07) is 3.60. The van der Waals surface area contributed by atoms with E-state index in [-0.39, 0.29) is 5.69 Å². The van der Waals surface area contributed by atoms with E-state index in [0.29, 0.717) is 12.4 Å². The lowest BCUT2D eigenvalue weighted by Crippen LogP contribution is -2.03. The van der Waals surface area contributed by atoms with Crippen LogP contribution in [0.25, 0.3) is 0 Å². The molecule has 2 rings (SSSR count). The number of hydrogen-bond donors (Lipinski definition) is 1. The second kappa shape index (κ2) is 4.60. The normalized spacial score (nSPS) is 10.2. The third-order valence-corrected chi connectivity index (χ3v) is 2.13. The fourth-order valence-corrected chi connectivity index (χ4v) is 1.38. The standard InChI is InChI=1S/C10H10N4O3/c1-17-9-7(3-2-4-11-9)5-14-6-8(10(15)16)12-13-14/h2-4,6H,5H2,1H3,(H,15,16). The maximum Gasteiger partial charge on any atom is 0.358 e. The zero-order valence-electron chi connectivity index (χ0n) is 9.07. The maximum atomic E-state index is 10.6. The first kappa shape index (κ1) is 11.1. The summed E-state index contributed by atoms with van der Waals surface area (Å²) >= 11 is 0. The third kappa shape index (κ3) is 2.39. The van der Waals surface area contributed by atoms with Crippen LogP contribution in [0.4, 0.5) is 0 Å². The number of nitrogens with zero attached hydrogens (tertiary/aromatic N) is 4. The average molecular weight is 234 g/mol. The highest BCUT2D eigenvalue weighted by molar-refractivity contribution is 5.84. The van der Waals surface area contributed by atoms with Gasteiger partial charge in [0.05, 0.1) is 19.9 Å². The summed E-state index contributed by atoms with van der Waals surface area (Å²) < 4.78 is 6.50. The molecule has 0 amide bonds. The SMILES string of the molecule is COc1ncccc1Cn1cc(C(=O)O)nn1. The fourth-order valence-electron chi connectivity index (χ4n) is 1.38. The number of aromatic carboxylic acids is 1. The van der Waals surface area contributed by atoms with Crippen LogP contribution in [0.1, 0.15) is 16.1 Å². The molecule has 0 aromatic carbocycles. The highest BCUT2D eigenvalue weighted by atomic mass is 16.5. The van der Waals surface area contributed by atoms with Crippen molar-refractivity contribution < 1.29 is 14.6 Å². The molecule has 0 unspecified atom stereocenters. The Morgan fingerprint density at radius 2 is 2.41 bits per heavy atom. The number of pyridine rings is 1. The van der Waals surface area contributed by atoms with E-state index in [1.165, 1.54) is 18.0 Å². The largest absolute Gasteiger partial charge is 0.481 e. The van der Waals surface area contributed by atoms with Crippen molar-refractivity contribution in [1.82, 2.24) is 20.0 Å². The molecule has 0 aliphatic carbocycles. The summed E-state index contributed by atoms with van der Waals surface area (Å²) in [5, 5.41) is 15.9. The molecule has 1 N–H and O–H groups in total. The lowest BCUT2D eigenvalue weighted by atomic mass is 10.3. The van der Waals surface area contributed by atoms with Crippen LogP contribution in [-0.4, -0.2) is 38.2 Å². The van der Waals surface area contributed by atoms with Crippen molar-refractivity contribution in [3.8, 4) is 5.88 Å². The van der Waals surface area contributed by atoms with E-state index in [2.05, 4.69) is 15.3 Å². The van der Waals surface area contributed by atoms with Crippen molar-refractivity contribution in [3.63, 3.8) is 0 Å². The smallest absolute Gasteiger partial charge is 0.358 e. The summed E-state index contributed by atoms with van der Waals surface area (Å²) in [4.78, 5) is 14.7. The van der Waals surface area contributed by atoms with Crippen molar-refractivity contribution in [2.75, 3.05) is 7.11 Å². The van der Waals surface area contributed by atoms with Crippen molar-refractivity contribution >= 4 is 5.97 Å². The molecule has 2 aromatic heterocycles. The van der Waals surface area contributed by atoms with Crippen molar-refractivity contribution in [3.05, 3.63) is 35.8 Å². The highest BCUT2D eigenvalue weighted by Crippen LogP contribution is 2.14. The Bertz CT molecular complexity index is 538. The van der Waals surface area contributed by atoms with Crippen molar-refractivity contribution in [1.29, 1.82) is 0 Å². The molecule has 0 bridgehead atoms. The summed E-state index contributed by atoms with van der Waals surface area (Å²) in [6.07, 6.45) is 2.97. The third-order valence-electron chi connectivity index (χ3n) is 2.13. The molecule has 0 aliphatic heterocycles. The van der Waals surface area contributed by atoms with Gasteiger partial charge in [-0.1, -0.05) is 11.3 Å². The summed E-state index contributed by atoms with van der Waals surface area (Å²) in [6.45, 7) is 0.358. The highest BCUT2D eigenvalue weighted by Gasteiger charge is 2.10. The van der Waals surface area contributed by atoms with Gasteiger partial charge >= 0.3 is 5.97 Å². The van der Waals surface area contributed by atoms with E-state index in [9.17, 15) is 4.79 Å². The van der Waals surface area contributed by atoms with E-state index in [4.69, 9.17) is 9.84 Å². The zero-order valence-corrected chi connectivity index (χ0v) is 9.07. The summed E-state index contributed by atoms with van der Waals surface area (Å²) in [5.74, 6) is -0.616. The zero-order chi connectivity index (χ0) is 12.3. The van der Waals surface area contributed by atoms with E-state index in [0.717, 1.165) is 5.56 Å². The predicted molar refractivity (Wildman–Crippen MR) is 56.9 cm³/mol.